The van der Waals surface area contributed by atoms with Crippen LogP contribution in [0.25, 0.3) is 55.6 Å². The third-order valence-electron chi connectivity index (χ3n) is 8.45. The first-order valence-corrected chi connectivity index (χ1v) is 16.0. The SMILES string of the molecule is N=C1C=C(c2cccc(-c3cccnc3)n2)C=C(c2cccc(-c3cccnc3)n2)C1=[NH+]Nc1ccccc1-c1cccc2ccccc12. The Morgan fingerprint density at radius 2 is 1.14 bits per heavy atom. The first-order chi connectivity index (χ1) is 24.2. The van der Waals surface area contributed by atoms with Crippen molar-refractivity contribution >= 4 is 39.0 Å². The third-order valence-corrected chi connectivity index (χ3v) is 8.45. The van der Waals surface area contributed by atoms with Crippen molar-refractivity contribution in [3.05, 3.63) is 176 Å². The number of nitrogens with one attached hydrogen (secondary N) is 3. The first kappa shape index (κ1) is 29.5. The van der Waals surface area contributed by atoms with Crippen molar-refractivity contribution in [2.45, 2.75) is 0 Å². The number of rotatable bonds is 7. The normalized spacial score (nSPS) is 13.6. The van der Waals surface area contributed by atoms with Crippen molar-refractivity contribution in [1.29, 1.82) is 5.41 Å². The minimum Gasteiger partial charge on any atom is -0.294 e. The van der Waals surface area contributed by atoms with Crippen LogP contribution in [-0.4, -0.2) is 31.4 Å². The van der Waals surface area contributed by atoms with E-state index in [9.17, 15) is 5.41 Å². The highest BCUT2D eigenvalue weighted by Crippen LogP contribution is 2.33. The molecule has 3 N–H and O–H groups in total. The van der Waals surface area contributed by atoms with E-state index in [0.717, 1.165) is 56.2 Å². The maximum atomic E-state index is 9.30. The molecule has 7 nitrogen and oxygen atoms in total. The molecule has 49 heavy (non-hydrogen) atoms. The molecule has 0 atom stereocenters. The molecule has 0 fully saturated rings. The molecule has 7 aromatic rings. The lowest BCUT2D eigenvalue weighted by molar-refractivity contribution is -0.415. The lowest BCUT2D eigenvalue weighted by Crippen LogP contribution is -2.79. The molecule has 0 spiro atoms. The van der Waals surface area contributed by atoms with E-state index >= 15 is 0 Å². The van der Waals surface area contributed by atoms with Gasteiger partial charge in [-0.25, -0.2) is 9.97 Å². The van der Waals surface area contributed by atoms with Gasteiger partial charge in [-0.15, -0.1) is 5.10 Å². The zero-order valence-electron chi connectivity index (χ0n) is 26.4. The minimum atomic E-state index is 0.296. The van der Waals surface area contributed by atoms with Crippen molar-refractivity contribution in [1.82, 2.24) is 19.9 Å². The van der Waals surface area contributed by atoms with Gasteiger partial charge in [0.15, 0.2) is 0 Å². The van der Waals surface area contributed by atoms with E-state index in [2.05, 4.69) is 69.0 Å². The molecule has 1 aliphatic rings. The number of hydrogen-bond acceptors (Lipinski definition) is 6. The van der Waals surface area contributed by atoms with E-state index in [1.54, 1.807) is 24.8 Å². The molecule has 7 heteroatoms. The number of nitrogens with zero attached hydrogens (tertiary/aromatic N) is 4. The molecule has 0 saturated carbocycles. The number of benzene rings is 3. The average Bonchev–Trinajstić information content (AvgIpc) is 3.18. The number of anilines is 1. The molecule has 0 saturated heterocycles. The fourth-order valence-electron chi connectivity index (χ4n) is 6.07. The van der Waals surface area contributed by atoms with Crippen LogP contribution in [0.1, 0.15) is 11.4 Å². The summed E-state index contributed by atoms with van der Waals surface area (Å²) in [5.41, 5.74) is 13.9. The van der Waals surface area contributed by atoms with Crippen molar-refractivity contribution in [2.24, 2.45) is 0 Å². The van der Waals surface area contributed by atoms with Crippen LogP contribution in [0, 0.1) is 5.41 Å². The molecule has 0 bridgehead atoms. The van der Waals surface area contributed by atoms with Crippen LogP contribution in [0.3, 0.4) is 0 Å². The monoisotopic (exact) mass is 632 g/mol. The van der Waals surface area contributed by atoms with E-state index < -0.39 is 0 Å². The molecule has 0 aliphatic heterocycles. The Kier molecular flexibility index (Phi) is 7.89. The molecule has 0 radical (unpaired) electrons. The number of para-hydroxylation sites is 1. The topological polar surface area (TPSA) is 101 Å². The zero-order chi connectivity index (χ0) is 33.0. The van der Waals surface area contributed by atoms with Crippen molar-refractivity contribution < 1.29 is 5.10 Å². The number of hydrazone groups is 1. The van der Waals surface area contributed by atoms with Gasteiger partial charge in [-0.2, -0.15) is 5.43 Å². The van der Waals surface area contributed by atoms with E-state index in [1.165, 1.54) is 10.8 Å². The summed E-state index contributed by atoms with van der Waals surface area (Å²) < 4.78 is 0. The second-order valence-electron chi connectivity index (χ2n) is 11.6. The van der Waals surface area contributed by atoms with E-state index in [1.807, 2.05) is 91.0 Å². The van der Waals surface area contributed by atoms with Gasteiger partial charge in [0.05, 0.1) is 28.3 Å². The van der Waals surface area contributed by atoms with Gasteiger partial charge in [0, 0.05) is 47.1 Å². The fourth-order valence-corrected chi connectivity index (χ4v) is 6.07. The summed E-state index contributed by atoms with van der Waals surface area (Å²) in [7, 11) is 0. The standard InChI is InChI=1S/C42H29N7/c43-36-25-31(39-20-6-18-37(46-39)29-12-8-22-44-26-29)24-35(40-21-7-19-38(47-40)30-13-9-23-45-27-30)42(36)49-48-41-17-4-3-15-34(41)33-16-5-11-28-10-1-2-14-32(28)33/h1-27,43,48H/p+1. The fraction of sp³-hybridized carbons (Fsp3) is 0. The molecule has 0 amide bonds. The smallest absolute Gasteiger partial charge is 0.261 e. The van der Waals surface area contributed by atoms with Crippen LogP contribution >= 0.6 is 0 Å². The number of hydrazine groups is 1. The van der Waals surface area contributed by atoms with Crippen molar-refractivity contribution in [3.8, 4) is 33.6 Å². The van der Waals surface area contributed by atoms with Crippen LogP contribution in [0.15, 0.2) is 164 Å². The lowest BCUT2D eigenvalue weighted by atomic mass is 9.91. The Hall–Kier alpha value is -6.86. The van der Waals surface area contributed by atoms with Gasteiger partial charge < -0.3 is 0 Å². The van der Waals surface area contributed by atoms with Gasteiger partial charge >= 0.3 is 0 Å². The second kappa shape index (κ2) is 13.1. The Balaban J connectivity index is 1.22. The Morgan fingerprint density at radius 3 is 1.90 bits per heavy atom. The van der Waals surface area contributed by atoms with Crippen LogP contribution in [0.5, 0.6) is 0 Å². The average molecular weight is 633 g/mol. The largest absolute Gasteiger partial charge is 0.294 e. The molecule has 0 unspecified atom stereocenters. The molecule has 4 heterocycles. The Labute approximate surface area is 283 Å². The number of aromatic nitrogens is 4. The third kappa shape index (κ3) is 6.04. The Morgan fingerprint density at radius 1 is 0.531 bits per heavy atom. The zero-order valence-corrected chi connectivity index (χ0v) is 26.4. The van der Waals surface area contributed by atoms with Gasteiger partial charge in [0.25, 0.3) is 5.71 Å². The summed E-state index contributed by atoms with van der Waals surface area (Å²) in [5, 5.41) is 15.1. The molecule has 232 valence electrons. The number of hydrogen-bond donors (Lipinski definition) is 3. The highest BCUT2D eigenvalue weighted by Gasteiger charge is 2.27. The summed E-state index contributed by atoms with van der Waals surface area (Å²) in [5.74, 6) is 0. The molecular weight excluding hydrogens is 603 g/mol. The Bertz CT molecular complexity index is 2420. The maximum absolute atomic E-state index is 9.30. The molecule has 1 aliphatic carbocycles. The second-order valence-corrected chi connectivity index (χ2v) is 11.6. The number of pyridine rings is 4. The molecule has 4 aromatic heterocycles. The van der Waals surface area contributed by atoms with Gasteiger partial charge in [0.1, 0.15) is 11.4 Å². The van der Waals surface area contributed by atoms with Crippen LogP contribution in [0.2, 0.25) is 0 Å². The highest BCUT2D eigenvalue weighted by molar-refractivity contribution is 6.60. The van der Waals surface area contributed by atoms with Crippen molar-refractivity contribution in [2.75, 3.05) is 5.43 Å². The molecule has 3 aromatic carbocycles. The lowest BCUT2D eigenvalue weighted by Gasteiger charge is -2.15. The van der Waals surface area contributed by atoms with Gasteiger partial charge in [-0.05, 0) is 83.1 Å². The van der Waals surface area contributed by atoms with Crippen LogP contribution in [0.4, 0.5) is 5.69 Å². The molecule has 8 rings (SSSR count). The van der Waals surface area contributed by atoms with E-state index in [4.69, 9.17) is 9.97 Å². The summed E-state index contributed by atoms with van der Waals surface area (Å²) in [6.07, 6.45) is 11.0. The predicted molar refractivity (Wildman–Crippen MR) is 198 cm³/mol. The quantitative estimate of drug-likeness (QED) is 0.125. The number of fused-ring (bicyclic) bond motifs is 1. The van der Waals surface area contributed by atoms with Gasteiger partial charge in [-0.1, -0.05) is 72.8 Å². The molecular formula is C42H30N7+. The first-order valence-electron chi connectivity index (χ1n) is 16.0. The van der Waals surface area contributed by atoms with Crippen molar-refractivity contribution in [3.63, 3.8) is 0 Å². The number of allylic oxidation sites excluding steroid dienone is 4. The highest BCUT2D eigenvalue weighted by atomic mass is 15.3. The summed E-state index contributed by atoms with van der Waals surface area (Å²) in [6, 6.07) is 42.5. The van der Waals surface area contributed by atoms with Crippen LogP contribution < -0.4 is 10.5 Å². The van der Waals surface area contributed by atoms with Crippen LogP contribution in [-0.2, 0) is 0 Å². The predicted octanol–water partition coefficient (Wildman–Crippen LogP) is 7.47. The maximum Gasteiger partial charge on any atom is 0.261 e. The summed E-state index contributed by atoms with van der Waals surface area (Å²) in [6.45, 7) is 0. The van der Waals surface area contributed by atoms with E-state index in [0.29, 0.717) is 17.1 Å². The van der Waals surface area contributed by atoms with E-state index in [-0.39, 0.29) is 0 Å². The van der Waals surface area contributed by atoms with Gasteiger partial charge in [0.2, 0.25) is 0 Å². The summed E-state index contributed by atoms with van der Waals surface area (Å²) >= 11 is 0. The summed E-state index contributed by atoms with van der Waals surface area (Å²) in [4.78, 5) is 18.6. The minimum absolute atomic E-state index is 0.296. The van der Waals surface area contributed by atoms with Gasteiger partial charge in [-0.3, -0.25) is 15.4 Å².